The number of aromatic nitrogens is 1. The third-order valence-corrected chi connectivity index (χ3v) is 3.28. The zero-order chi connectivity index (χ0) is 14.4. The highest BCUT2D eigenvalue weighted by molar-refractivity contribution is 6.05. The van der Waals surface area contributed by atoms with Gasteiger partial charge in [-0.3, -0.25) is 9.78 Å². The van der Waals surface area contributed by atoms with Crippen LogP contribution in [-0.2, 0) is 0 Å². The van der Waals surface area contributed by atoms with E-state index in [2.05, 4.69) is 11.9 Å². The normalized spacial score (nSPS) is 10.7. The lowest BCUT2D eigenvalue weighted by Gasteiger charge is -2.22. The lowest BCUT2D eigenvalue weighted by molar-refractivity contribution is 0.0756. The fourth-order valence-corrected chi connectivity index (χ4v) is 2.31. The largest absolute Gasteiger partial charge is 0.339 e. The molecule has 106 valence electrons. The average Bonchev–Trinajstić information content (AvgIpc) is 2.50. The second kappa shape index (κ2) is 7.01. The number of pyridine rings is 1. The Bertz CT molecular complexity index is 577. The maximum atomic E-state index is 12.7. The van der Waals surface area contributed by atoms with Crippen LogP contribution < -0.4 is 5.73 Å². The van der Waals surface area contributed by atoms with Crippen LogP contribution >= 0.6 is 0 Å². The molecule has 4 heteroatoms. The van der Waals surface area contributed by atoms with Gasteiger partial charge in [-0.05, 0) is 31.5 Å². The Hall–Kier alpha value is -1.94. The molecular weight excluding hydrogens is 250 g/mol. The first-order chi connectivity index (χ1) is 9.77. The first-order valence-electron chi connectivity index (χ1n) is 7.11. The molecule has 20 heavy (non-hydrogen) atoms. The van der Waals surface area contributed by atoms with Crippen LogP contribution in [0.25, 0.3) is 10.9 Å². The summed E-state index contributed by atoms with van der Waals surface area (Å²) in [7, 11) is 0. The highest BCUT2D eigenvalue weighted by Gasteiger charge is 2.17. The SMILES string of the molecule is CCCN(CCCN)C(=O)c1cccc2cccnc12. The number of para-hydroxylation sites is 1. The molecule has 1 aromatic heterocycles. The molecule has 1 heterocycles. The van der Waals surface area contributed by atoms with Gasteiger partial charge in [0.2, 0.25) is 0 Å². The topological polar surface area (TPSA) is 59.2 Å². The molecule has 2 N–H and O–H groups in total. The molecule has 0 fully saturated rings. The van der Waals surface area contributed by atoms with E-state index in [-0.39, 0.29) is 5.91 Å². The molecule has 0 atom stereocenters. The molecule has 0 radical (unpaired) electrons. The maximum absolute atomic E-state index is 12.7. The summed E-state index contributed by atoms with van der Waals surface area (Å²) in [5, 5.41) is 0.994. The first-order valence-corrected chi connectivity index (χ1v) is 7.11. The predicted octanol–water partition coefficient (Wildman–Crippen LogP) is 2.44. The summed E-state index contributed by atoms with van der Waals surface area (Å²) in [5.74, 6) is 0.0459. The standard InChI is InChI=1S/C16H21N3O/c1-2-11-19(12-5-9-17)16(20)14-8-3-6-13-7-4-10-18-15(13)14/h3-4,6-8,10H,2,5,9,11-12,17H2,1H3. The Morgan fingerprint density at radius 1 is 1.25 bits per heavy atom. The molecule has 0 aliphatic rings. The fraction of sp³-hybridized carbons (Fsp3) is 0.375. The minimum atomic E-state index is 0.0459. The van der Waals surface area contributed by atoms with E-state index >= 15 is 0 Å². The molecular formula is C16H21N3O. The van der Waals surface area contributed by atoms with E-state index in [1.165, 1.54) is 0 Å². The van der Waals surface area contributed by atoms with Crippen molar-refractivity contribution in [1.82, 2.24) is 9.88 Å². The summed E-state index contributed by atoms with van der Waals surface area (Å²) in [4.78, 5) is 18.9. The number of amides is 1. The van der Waals surface area contributed by atoms with Gasteiger partial charge >= 0.3 is 0 Å². The minimum Gasteiger partial charge on any atom is -0.339 e. The smallest absolute Gasteiger partial charge is 0.256 e. The molecule has 0 bridgehead atoms. The van der Waals surface area contributed by atoms with Gasteiger partial charge in [0.1, 0.15) is 0 Å². The Kier molecular flexibility index (Phi) is 5.07. The predicted molar refractivity (Wildman–Crippen MR) is 81.6 cm³/mol. The highest BCUT2D eigenvalue weighted by atomic mass is 16.2. The van der Waals surface area contributed by atoms with E-state index in [0.717, 1.165) is 30.3 Å². The monoisotopic (exact) mass is 271 g/mol. The van der Waals surface area contributed by atoms with Crippen LogP contribution in [-0.4, -0.2) is 35.4 Å². The van der Waals surface area contributed by atoms with Gasteiger partial charge < -0.3 is 10.6 Å². The number of hydrogen-bond acceptors (Lipinski definition) is 3. The lowest BCUT2D eigenvalue weighted by Crippen LogP contribution is -2.33. The van der Waals surface area contributed by atoms with E-state index in [1.807, 2.05) is 35.2 Å². The summed E-state index contributed by atoms with van der Waals surface area (Å²) in [6.07, 6.45) is 3.49. The summed E-state index contributed by atoms with van der Waals surface area (Å²) < 4.78 is 0. The van der Waals surface area contributed by atoms with Crippen molar-refractivity contribution in [3.05, 3.63) is 42.1 Å². The summed E-state index contributed by atoms with van der Waals surface area (Å²) in [5.41, 5.74) is 7.00. The van der Waals surface area contributed by atoms with Crippen molar-refractivity contribution in [1.29, 1.82) is 0 Å². The molecule has 4 nitrogen and oxygen atoms in total. The van der Waals surface area contributed by atoms with Gasteiger partial charge in [0, 0.05) is 24.7 Å². The van der Waals surface area contributed by atoms with Gasteiger partial charge in [0.25, 0.3) is 5.91 Å². The molecule has 0 spiro atoms. The van der Waals surface area contributed by atoms with Crippen molar-refractivity contribution < 1.29 is 4.79 Å². The quantitative estimate of drug-likeness (QED) is 0.878. The van der Waals surface area contributed by atoms with Crippen molar-refractivity contribution in [3.63, 3.8) is 0 Å². The van der Waals surface area contributed by atoms with Crippen molar-refractivity contribution in [2.75, 3.05) is 19.6 Å². The zero-order valence-corrected chi connectivity index (χ0v) is 11.9. The number of nitrogens with zero attached hydrogens (tertiary/aromatic N) is 2. The molecule has 0 saturated carbocycles. The van der Waals surface area contributed by atoms with E-state index in [9.17, 15) is 4.79 Å². The minimum absolute atomic E-state index is 0.0459. The third-order valence-electron chi connectivity index (χ3n) is 3.28. The summed E-state index contributed by atoms with van der Waals surface area (Å²) in [6.45, 7) is 4.12. The van der Waals surface area contributed by atoms with Crippen LogP contribution in [0.1, 0.15) is 30.1 Å². The van der Waals surface area contributed by atoms with Gasteiger partial charge in [-0.15, -0.1) is 0 Å². The van der Waals surface area contributed by atoms with Crippen molar-refractivity contribution >= 4 is 16.8 Å². The number of benzene rings is 1. The summed E-state index contributed by atoms with van der Waals surface area (Å²) >= 11 is 0. The molecule has 1 aromatic carbocycles. The van der Waals surface area contributed by atoms with Gasteiger partial charge in [0.05, 0.1) is 11.1 Å². The molecule has 0 saturated heterocycles. The van der Waals surface area contributed by atoms with Crippen LogP contribution in [0, 0.1) is 0 Å². The van der Waals surface area contributed by atoms with Crippen molar-refractivity contribution in [3.8, 4) is 0 Å². The number of rotatable bonds is 6. The molecule has 0 aliphatic heterocycles. The molecule has 0 unspecified atom stereocenters. The number of carbonyl (C=O) groups is 1. The van der Waals surface area contributed by atoms with E-state index < -0.39 is 0 Å². The summed E-state index contributed by atoms with van der Waals surface area (Å²) in [6, 6.07) is 9.59. The second-order valence-corrected chi connectivity index (χ2v) is 4.82. The average molecular weight is 271 g/mol. The van der Waals surface area contributed by atoms with E-state index in [4.69, 9.17) is 5.73 Å². The van der Waals surface area contributed by atoms with Gasteiger partial charge in [-0.2, -0.15) is 0 Å². The van der Waals surface area contributed by atoms with Gasteiger partial charge in [-0.25, -0.2) is 0 Å². The van der Waals surface area contributed by atoms with Crippen LogP contribution in [0.2, 0.25) is 0 Å². The Balaban J connectivity index is 2.33. The highest BCUT2D eigenvalue weighted by Crippen LogP contribution is 2.18. The van der Waals surface area contributed by atoms with E-state index in [0.29, 0.717) is 18.7 Å². The Morgan fingerprint density at radius 3 is 2.80 bits per heavy atom. The van der Waals surface area contributed by atoms with Gasteiger partial charge in [0.15, 0.2) is 0 Å². The number of carbonyl (C=O) groups excluding carboxylic acids is 1. The maximum Gasteiger partial charge on any atom is 0.256 e. The van der Waals surface area contributed by atoms with Crippen molar-refractivity contribution in [2.24, 2.45) is 5.73 Å². The molecule has 2 rings (SSSR count). The number of fused-ring (bicyclic) bond motifs is 1. The Morgan fingerprint density at radius 2 is 2.05 bits per heavy atom. The number of hydrogen-bond donors (Lipinski definition) is 1. The van der Waals surface area contributed by atoms with E-state index in [1.54, 1.807) is 6.20 Å². The number of nitrogens with two attached hydrogens (primary N) is 1. The fourth-order valence-electron chi connectivity index (χ4n) is 2.31. The van der Waals surface area contributed by atoms with Crippen LogP contribution in [0.5, 0.6) is 0 Å². The van der Waals surface area contributed by atoms with Gasteiger partial charge in [-0.1, -0.05) is 25.1 Å². The molecule has 0 aliphatic carbocycles. The first kappa shape index (κ1) is 14.5. The van der Waals surface area contributed by atoms with Crippen LogP contribution in [0.3, 0.4) is 0 Å². The second-order valence-electron chi connectivity index (χ2n) is 4.82. The zero-order valence-electron chi connectivity index (χ0n) is 11.9. The van der Waals surface area contributed by atoms with Crippen molar-refractivity contribution in [2.45, 2.75) is 19.8 Å². The Labute approximate surface area is 119 Å². The lowest BCUT2D eigenvalue weighted by atomic mass is 10.1. The van der Waals surface area contributed by atoms with Crippen LogP contribution in [0.4, 0.5) is 0 Å². The molecule has 1 amide bonds. The van der Waals surface area contributed by atoms with Crippen LogP contribution in [0.15, 0.2) is 36.5 Å². The third kappa shape index (κ3) is 3.14. The molecule has 2 aromatic rings.